The summed E-state index contributed by atoms with van der Waals surface area (Å²) in [5, 5.41) is 3.54. The van der Waals surface area contributed by atoms with Crippen LogP contribution < -0.4 is 5.73 Å². The molecular formula is C7H8N3O. The lowest BCUT2D eigenvalue weighted by Crippen LogP contribution is -2.13. The molecule has 11 heavy (non-hydrogen) atoms. The van der Waals surface area contributed by atoms with Gasteiger partial charge in [0, 0.05) is 11.8 Å². The number of hydrogen-bond donors (Lipinski definition) is 1. The Kier molecular flexibility index (Phi) is 2.43. The maximum atomic E-state index is 5.48. The molecule has 0 aliphatic carbocycles. The third-order valence-corrected chi connectivity index (χ3v) is 1.10. The molecular weight excluding hydrogens is 142 g/mol. The lowest BCUT2D eigenvalue weighted by molar-refractivity contribution is 0.213. The molecule has 1 rings (SSSR count). The van der Waals surface area contributed by atoms with Gasteiger partial charge in [-0.05, 0) is 12.1 Å². The lowest BCUT2D eigenvalue weighted by atomic mass is 10.3. The van der Waals surface area contributed by atoms with Crippen LogP contribution in [-0.2, 0) is 4.84 Å². The van der Waals surface area contributed by atoms with E-state index in [-0.39, 0.29) is 0 Å². The first-order valence-corrected chi connectivity index (χ1v) is 3.03. The monoisotopic (exact) mass is 150 g/mol. The summed E-state index contributed by atoms with van der Waals surface area (Å²) in [6, 6.07) is 3.41. The zero-order valence-corrected chi connectivity index (χ0v) is 6.11. The summed E-state index contributed by atoms with van der Waals surface area (Å²) in [5.74, 6) is 0.314. The van der Waals surface area contributed by atoms with E-state index >= 15 is 0 Å². The quantitative estimate of drug-likeness (QED) is 0.371. The van der Waals surface area contributed by atoms with Crippen LogP contribution in [0.1, 0.15) is 5.56 Å². The van der Waals surface area contributed by atoms with Crippen molar-refractivity contribution >= 4 is 5.84 Å². The van der Waals surface area contributed by atoms with Gasteiger partial charge in [-0.15, -0.1) is 0 Å². The van der Waals surface area contributed by atoms with Crippen LogP contribution >= 0.6 is 0 Å². The molecule has 1 aromatic rings. The number of nitrogens with zero attached hydrogens (tertiary/aromatic N) is 2. The number of hydrogen-bond acceptors (Lipinski definition) is 3. The fourth-order valence-corrected chi connectivity index (χ4v) is 0.622. The van der Waals surface area contributed by atoms with Crippen LogP contribution in [0.2, 0.25) is 0 Å². The summed E-state index contributed by atoms with van der Waals surface area (Å²) in [6.45, 7) is 0. The predicted molar refractivity (Wildman–Crippen MR) is 40.8 cm³/mol. The molecule has 0 aliphatic rings. The van der Waals surface area contributed by atoms with Gasteiger partial charge in [-0.1, -0.05) is 5.16 Å². The summed E-state index contributed by atoms with van der Waals surface area (Å²) in [6.07, 6.45) is 4.20. The van der Waals surface area contributed by atoms with Gasteiger partial charge in [-0.3, -0.25) is 4.98 Å². The molecule has 0 saturated carbocycles. The van der Waals surface area contributed by atoms with E-state index in [2.05, 4.69) is 21.2 Å². The van der Waals surface area contributed by atoms with Crippen molar-refractivity contribution in [1.82, 2.24) is 4.98 Å². The molecule has 0 atom stereocenters. The standard InChI is InChI=1S/C7H8N3O/c1-11-10-7(8)6-3-2-4-9-5-6/h2-3,5H,1H3,(H2,8,10). The highest BCUT2D eigenvalue weighted by atomic mass is 16.6. The third kappa shape index (κ3) is 1.93. The van der Waals surface area contributed by atoms with Gasteiger partial charge in [0.05, 0.1) is 6.20 Å². The van der Waals surface area contributed by atoms with Crippen LogP contribution in [0.15, 0.2) is 23.5 Å². The normalized spacial score (nSPS) is 11.2. The SMILES string of the molecule is CON=C(N)c1cc[c]nc1. The molecule has 57 valence electrons. The van der Waals surface area contributed by atoms with E-state index in [4.69, 9.17) is 5.73 Å². The Balaban J connectivity index is 2.85. The summed E-state index contributed by atoms with van der Waals surface area (Å²) in [4.78, 5) is 8.23. The van der Waals surface area contributed by atoms with Crippen molar-refractivity contribution in [1.29, 1.82) is 0 Å². The molecule has 1 radical (unpaired) electrons. The van der Waals surface area contributed by atoms with Crippen LogP contribution in [0.25, 0.3) is 0 Å². The van der Waals surface area contributed by atoms with E-state index in [9.17, 15) is 0 Å². The number of aromatic nitrogens is 1. The van der Waals surface area contributed by atoms with E-state index < -0.39 is 0 Å². The number of oxime groups is 1. The zero-order chi connectivity index (χ0) is 8.10. The summed E-state index contributed by atoms with van der Waals surface area (Å²) >= 11 is 0. The lowest BCUT2D eigenvalue weighted by Gasteiger charge is -1.96. The molecule has 0 bridgehead atoms. The molecule has 4 heteroatoms. The van der Waals surface area contributed by atoms with Crippen LogP contribution in [0.3, 0.4) is 0 Å². The number of amidine groups is 1. The molecule has 0 saturated heterocycles. The van der Waals surface area contributed by atoms with Crippen molar-refractivity contribution in [2.75, 3.05) is 7.11 Å². The van der Waals surface area contributed by atoms with Crippen molar-refractivity contribution < 1.29 is 4.84 Å². The smallest absolute Gasteiger partial charge is 0.171 e. The Morgan fingerprint density at radius 1 is 1.82 bits per heavy atom. The molecule has 0 fully saturated rings. The largest absolute Gasteiger partial charge is 0.397 e. The van der Waals surface area contributed by atoms with Gasteiger partial charge in [-0.25, -0.2) is 0 Å². The van der Waals surface area contributed by atoms with Gasteiger partial charge in [0.25, 0.3) is 0 Å². The highest BCUT2D eigenvalue weighted by Gasteiger charge is 1.95. The van der Waals surface area contributed by atoms with Gasteiger partial charge in [0.2, 0.25) is 0 Å². The Bertz CT molecular complexity index is 245. The average molecular weight is 150 g/mol. The van der Waals surface area contributed by atoms with Crippen molar-refractivity contribution in [3.05, 3.63) is 30.1 Å². The van der Waals surface area contributed by atoms with Gasteiger partial charge in [0.15, 0.2) is 5.84 Å². The minimum absolute atomic E-state index is 0.314. The highest BCUT2D eigenvalue weighted by Crippen LogP contribution is 1.93. The second-order valence-corrected chi connectivity index (χ2v) is 1.84. The molecule has 0 aliphatic heterocycles. The number of pyridine rings is 1. The molecule has 0 unspecified atom stereocenters. The second-order valence-electron chi connectivity index (χ2n) is 1.84. The fraction of sp³-hybridized carbons (Fsp3) is 0.143. The minimum atomic E-state index is 0.314. The zero-order valence-electron chi connectivity index (χ0n) is 6.11. The van der Waals surface area contributed by atoms with Crippen molar-refractivity contribution in [3.8, 4) is 0 Å². The molecule has 2 N–H and O–H groups in total. The van der Waals surface area contributed by atoms with E-state index in [1.165, 1.54) is 7.11 Å². The first kappa shape index (κ1) is 7.53. The maximum Gasteiger partial charge on any atom is 0.171 e. The topological polar surface area (TPSA) is 60.5 Å². The fourth-order valence-electron chi connectivity index (χ4n) is 0.622. The van der Waals surface area contributed by atoms with E-state index in [1.807, 2.05) is 0 Å². The Labute approximate surface area is 64.7 Å². The first-order chi connectivity index (χ1) is 5.34. The maximum absolute atomic E-state index is 5.48. The molecule has 0 spiro atoms. The Morgan fingerprint density at radius 3 is 3.18 bits per heavy atom. The first-order valence-electron chi connectivity index (χ1n) is 3.03. The second kappa shape index (κ2) is 3.55. The van der Waals surface area contributed by atoms with Crippen LogP contribution in [0, 0.1) is 6.20 Å². The van der Waals surface area contributed by atoms with Gasteiger partial charge in [0.1, 0.15) is 7.11 Å². The van der Waals surface area contributed by atoms with E-state index in [0.717, 1.165) is 5.56 Å². The van der Waals surface area contributed by atoms with Crippen LogP contribution in [0.5, 0.6) is 0 Å². The molecule has 1 heterocycles. The van der Waals surface area contributed by atoms with Crippen molar-refractivity contribution in [2.24, 2.45) is 10.9 Å². The predicted octanol–water partition coefficient (Wildman–Crippen LogP) is 0.148. The van der Waals surface area contributed by atoms with Gasteiger partial charge < -0.3 is 10.6 Å². The molecule has 1 aromatic heterocycles. The average Bonchev–Trinajstić information content (AvgIpc) is 2.07. The Morgan fingerprint density at radius 2 is 2.64 bits per heavy atom. The van der Waals surface area contributed by atoms with Gasteiger partial charge in [-0.2, -0.15) is 0 Å². The van der Waals surface area contributed by atoms with E-state index in [1.54, 1.807) is 18.3 Å². The molecule has 4 nitrogen and oxygen atoms in total. The summed E-state index contributed by atoms with van der Waals surface area (Å²) in [5.41, 5.74) is 6.20. The number of rotatable bonds is 2. The van der Waals surface area contributed by atoms with Crippen molar-refractivity contribution in [2.45, 2.75) is 0 Å². The van der Waals surface area contributed by atoms with Crippen LogP contribution in [-0.4, -0.2) is 17.9 Å². The summed E-state index contributed by atoms with van der Waals surface area (Å²) in [7, 11) is 1.44. The van der Waals surface area contributed by atoms with Crippen LogP contribution in [0.4, 0.5) is 0 Å². The highest BCUT2D eigenvalue weighted by molar-refractivity contribution is 5.96. The molecule has 0 aromatic carbocycles. The third-order valence-electron chi connectivity index (χ3n) is 1.10. The number of nitrogens with two attached hydrogens (primary N) is 1. The van der Waals surface area contributed by atoms with Crippen molar-refractivity contribution in [3.63, 3.8) is 0 Å². The Hall–Kier alpha value is -1.58. The minimum Gasteiger partial charge on any atom is -0.397 e. The van der Waals surface area contributed by atoms with E-state index in [0.29, 0.717) is 5.84 Å². The van der Waals surface area contributed by atoms with Gasteiger partial charge >= 0.3 is 0 Å². The molecule has 0 amide bonds. The summed E-state index contributed by atoms with van der Waals surface area (Å²) < 4.78 is 0.